The summed E-state index contributed by atoms with van der Waals surface area (Å²) in [6.07, 6.45) is 3.40. The molecule has 0 spiro atoms. The summed E-state index contributed by atoms with van der Waals surface area (Å²) >= 11 is 1.45. The summed E-state index contributed by atoms with van der Waals surface area (Å²) in [7, 11) is 0. The van der Waals surface area contributed by atoms with Crippen molar-refractivity contribution in [3.8, 4) is 0 Å². The standard InChI is InChI=1S/C20H35N3O2S/c1-7-9-21-19(25)16-14-26-17(22-16)13-23(10-8-2)18(24)11-15(3)12-20(4,5)6/h14-15H,7-13H2,1-6H3,(H,21,25). The minimum absolute atomic E-state index is 0.137. The molecule has 0 saturated carbocycles. The van der Waals surface area contributed by atoms with E-state index in [4.69, 9.17) is 0 Å². The second kappa shape index (κ2) is 10.7. The molecule has 1 heterocycles. The van der Waals surface area contributed by atoms with Gasteiger partial charge in [0, 0.05) is 24.9 Å². The first-order valence-corrected chi connectivity index (χ1v) is 10.5. The fourth-order valence-corrected chi connectivity index (χ4v) is 3.88. The van der Waals surface area contributed by atoms with Crippen molar-refractivity contribution in [2.75, 3.05) is 13.1 Å². The Morgan fingerprint density at radius 2 is 1.96 bits per heavy atom. The number of hydrogen-bond donors (Lipinski definition) is 1. The van der Waals surface area contributed by atoms with Gasteiger partial charge >= 0.3 is 0 Å². The zero-order chi connectivity index (χ0) is 19.7. The minimum atomic E-state index is -0.137. The van der Waals surface area contributed by atoms with E-state index in [2.05, 4.69) is 44.9 Å². The normalized spacial score (nSPS) is 12.7. The third-order valence-corrected chi connectivity index (χ3v) is 4.81. The highest BCUT2D eigenvalue weighted by atomic mass is 32.1. The van der Waals surface area contributed by atoms with Crippen molar-refractivity contribution < 1.29 is 9.59 Å². The summed E-state index contributed by atoms with van der Waals surface area (Å²) in [5.41, 5.74) is 0.675. The van der Waals surface area contributed by atoms with E-state index in [1.807, 2.05) is 11.8 Å². The van der Waals surface area contributed by atoms with Crippen molar-refractivity contribution in [1.82, 2.24) is 15.2 Å². The summed E-state index contributed by atoms with van der Waals surface area (Å²) in [5, 5.41) is 5.43. The molecule has 0 bridgehead atoms. The molecule has 148 valence electrons. The molecule has 0 saturated heterocycles. The molecule has 0 aliphatic rings. The number of rotatable bonds is 10. The third-order valence-electron chi connectivity index (χ3n) is 3.98. The Kier molecular flexibility index (Phi) is 9.27. The van der Waals surface area contributed by atoms with Crippen molar-refractivity contribution in [2.45, 2.75) is 73.8 Å². The van der Waals surface area contributed by atoms with Crippen LogP contribution in [-0.2, 0) is 11.3 Å². The lowest BCUT2D eigenvalue weighted by atomic mass is 9.84. The summed E-state index contributed by atoms with van der Waals surface area (Å²) in [4.78, 5) is 31.0. The van der Waals surface area contributed by atoms with Gasteiger partial charge in [0.2, 0.25) is 5.91 Å². The molecule has 26 heavy (non-hydrogen) atoms. The van der Waals surface area contributed by atoms with E-state index in [0.717, 1.165) is 30.8 Å². The van der Waals surface area contributed by atoms with Gasteiger partial charge in [-0.05, 0) is 30.6 Å². The molecule has 0 aromatic carbocycles. The van der Waals surface area contributed by atoms with E-state index >= 15 is 0 Å². The van der Waals surface area contributed by atoms with Crippen molar-refractivity contribution in [3.63, 3.8) is 0 Å². The van der Waals surface area contributed by atoms with Gasteiger partial charge in [-0.3, -0.25) is 9.59 Å². The number of nitrogens with one attached hydrogen (secondary N) is 1. The van der Waals surface area contributed by atoms with E-state index in [-0.39, 0.29) is 17.2 Å². The van der Waals surface area contributed by atoms with Gasteiger partial charge in [-0.15, -0.1) is 11.3 Å². The zero-order valence-corrected chi connectivity index (χ0v) is 18.0. The first-order valence-electron chi connectivity index (χ1n) is 9.66. The molecule has 1 atom stereocenters. The minimum Gasteiger partial charge on any atom is -0.351 e. The maximum Gasteiger partial charge on any atom is 0.270 e. The van der Waals surface area contributed by atoms with E-state index in [1.54, 1.807) is 5.38 Å². The lowest BCUT2D eigenvalue weighted by Gasteiger charge is -2.26. The summed E-state index contributed by atoms with van der Waals surface area (Å²) < 4.78 is 0. The second-order valence-electron chi connectivity index (χ2n) is 8.27. The van der Waals surface area contributed by atoms with Crippen LogP contribution >= 0.6 is 11.3 Å². The Balaban J connectivity index is 2.68. The smallest absolute Gasteiger partial charge is 0.270 e. The number of nitrogens with zero attached hydrogens (tertiary/aromatic N) is 2. The summed E-state index contributed by atoms with van der Waals surface area (Å²) in [5.74, 6) is 0.394. The molecule has 1 N–H and O–H groups in total. The molecule has 0 fully saturated rings. The maximum absolute atomic E-state index is 12.7. The zero-order valence-electron chi connectivity index (χ0n) is 17.2. The van der Waals surface area contributed by atoms with E-state index < -0.39 is 0 Å². The monoisotopic (exact) mass is 381 g/mol. The number of aromatic nitrogens is 1. The van der Waals surface area contributed by atoms with Crippen LogP contribution in [0.1, 0.15) is 82.7 Å². The molecule has 1 rings (SSSR count). The van der Waals surface area contributed by atoms with Gasteiger partial charge in [-0.1, -0.05) is 41.5 Å². The van der Waals surface area contributed by atoms with Gasteiger partial charge in [-0.25, -0.2) is 4.98 Å². The first kappa shape index (κ1) is 22.6. The predicted molar refractivity (Wildman–Crippen MR) is 108 cm³/mol. The van der Waals surface area contributed by atoms with Crippen LogP contribution < -0.4 is 5.32 Å². The second-order valence-corrected chi connectivity index (χ2v) is 9.21. The maximum atomic E-state index is 12.7. The average molecular weight is 382 g/mol. The topological polar surface area (TPSA) is 62.3 Å². The first-order chi connectivity index (χ1) is 12.2. The number of carbonyl (C=O) groups excluding carboxylic acids is 2. The summed E-state index contributed by atoms with van der Waals surface area (Å²) in [6.45, 7) is 14.7. The molecule has 0 radical (unpaired) electrons. The fraction of sp³-hybridized carbons (Fsp3) is 0.750. The van der Waals surface area contributed by atoms with Crippen LogP contribution in [0.25, 0.3) is 0 Å². The van der Waals surface area contributed by atoms with Crippen LogP contribution in [0, 0.1) is 11.3 Å². The van der Waals surface area contributed by atoms with Gasteiger partial charge in [0.25, 0.3) is 5.91 Å². The Hall–Kier alpha value is -1.43. The highest BCUT2D eigenvalue weighted by Gasteiger charge is 2.22. The van der Waals surface area contributed by atoms with Gasteiger partial charge in [0.15, 0.2) is 0 Å². The number of amides is 2. The van der Waals surface area contributed by atoms with Crippen LogP contribution in [0.4, 0.5) is 0 Å². The molecular formula is C20H35N3O2S. The number of hydrogen-bond acceptors (Lipinski definition) is 4. The predicted octanol–water partition coefficient (Wildman–Crippen LogP) is 4.48. The molecule has 0 aliphatic heterocycles. The lowest BCUT2D eigenvalue weighted by molar-refractivity contribution is -0.133. The molecule has 5 nitrogen and oxygen atoms in total. The van der Waals surface area contributed by atoms with Crippen molar-refractivity contribution >= 4 is 23.2 Å². The Bertz CT molecular complexity index is 578. The van der Waals surface area contributed by atoms with E-state index in [9.17, 15) is 9.59 Å². The number of thiazole rings is 1. The van der Waals surface area contributed by atoms with Crippen LogP contribution in [0.3, 0.4) is 0 Å². The molecule has 6 heteroatoms. The largest absolute Gasteiger partial charge is 0.351 e. The Morgan fingerprint density at radius 1 is 1.27 bits per heavy atom. The van der Waals surface area contributed by atoms with E-state index in [1.165, 1.54) is 11.3 Å². The molecule has 1 aromatic rings. The van der Waals surface area contributed by atoms with Crippen molar-refractivity contribution in [1.29, 1.82) is 0 Å². The van der Waals surface area contributed by atoms with Crippen molar-refractivity contribution in [3.05, 3.63) is 16.1 Å². The molecular weight excluding hydrogens is 346 g/mol. The lowest BCUT2D eigenvalue weighted by Crippen LogP contribution is -2.33. The van der Waals surface area contributed by atoms with Crippen LogP contribution in [0.15, 0.2) is 5.38 Å². The molecule has 0 aliphatic carbocycles. The van der Waals surface area contributed by atoms with Gasteiger partial charge in [0.1, 0.15) is 10.7 Å². The number of carbonyl (C=O) groups is 2. The Morgan fingerprint density at radius 3 is 2.54 bits per heavy atom. The SMILES string of the molecule is CCCNC(=O)c1csc(CN(CCC)C(=O)CC(C)CC(C)(C)C)n1. The van der Waals surface area contributed by atoms with Gasteiger partial charge < -0.3 is 10.2 Å². The summed E-state index contributed by atoms with van der Waals surface area (Å²) in [6, 6.07) is 0. The fourth-order valence-electron chi connectivity index (χ4n) is 3.09. The van der Waals surface area contributed by atoms with Crippen LogP contribution in [0.2, 0.25) is 0 Å². The highest BCUT2D eigenvalue weighted by Crippen LogP contribution is 2.26. The van der Waals surface area contributed by atoms with Crippen molar-refractivity contribution in [2.24, 2.45) is 11.3 Å². The van der Waals surface area contributed by atoms with E-state index in [0.29, 0.717) is 31.1 Å². The highest BCUT2D eigenvalue weighted by molar-refractivity contribution is 7.09. The Labute approximate surface area is 162 Å². The molecule has 1 aromatic heterocycles. The van der Waals surface area contributed by atoms with Crippen LogP contribution in [0.5, 0.6) is 0 Å². The van der Waals surface area contributed by atoms with Gasteiger partial charge in [0.05, 0.1) is 6.54 Å². The molecule has 1 unspecified atom stereocenters. The molecule has 2 amide bonds. The average Bonchev–Trinajstić information content (AvgIpc) is 2.98. The van der Waals surface area contributed by atoms with Gasteiger partial charge in [-0.2, -0.15) is 0 Å². The van der Waals surface area contributed by atoms with Crippen LogP contribution in [-0.4, -0.2) is 34.8 Å². The quantitative estimate of drug-likeness (QED) is 0.650. The third kappa shape index (κ3) is 8.30.